The number of halogens is 4. The fourth-order valence-electron chi connectivity index (χ4n) is 0. The zero-order valence-electron chi connectivity index (χ0n) is 2.72. The molecule has 0 aliphatic heterocycles. The molecule has 0 saturated heterocycles. The van der Waals surface area contributed by atoms with Crippen molar-refractivity contribution in [2.45, 2.75) is 0 Å². The molecule has 5 heteroatoms. The molecule has 0 amide bonds. The van der Waals surface area contributed by atoms with Gasteiger partial charge in [0.15, 0.2) is 0 Å². The molecule has 0 atom stereocenters. The van der Waals surface area contributed by atoms with Gasteiger partial charge in [0.2, 0.25) is 0 Å². The maximum absolute atomic E-state index is 5.33. The van der Waals surface area contributed by atoms with E-state index in [-0.39, 0.29) is 3.90 Å². The van der Waals surface area contributed by atoms with Crippen LogP contribution in [0.2, 0.25) is 0 Å². The van der Waals surface area contributed by atoms with Gasteiger partial charge in [-0.3, -0.25) is 0 Å². The van der Waals surface area contributed by atoms with Gasteiger partial charge in [0.05, 0.1) is 0 Å². The minimum atomic E-state index is -3.05. The van der Waals surface area contributed by atoms with E-state index in [0.29, 0.717) is 0 Å². The van der Waals surface area contributed by atoms with Crippen LogP contribution in [-0.2, 0) is 0 Å². The zero-order valence-corrected chi connectivity index (χ0v) is 8.60. The first-order valence-corrected chi connectivity index (χ1v) is 14.6. The van der Waals surface area contributed by atoms with Gasteiger partial charge in [0.25, 0.3) is 0 Å². The van der Waals surface area contributed by atoms with Crippen molar-refractivity contribution in [1.82, 2.24) is 0 Å². The van der Waals surface area contributed by atoms with Crippen molar-refractivity contribution in [1.29, 1.82) is 0 Å². The van der Waals surface area contributed by atoms with Crippen LogP contribution in [0.15, 0.2) is 0 Å². The molecule has 6 heavy (non-hydrogen) atoms. The maximum atomic E-state index is 5.33. The molecule has 0 aromatic rings. The summed E-state index contributed by atoms with van der Waals surface area (Å²) in [6.07, 6.45) is 0. The molecule has 0 aromatic heterocycles. The minimum absolute atomic E-state index is 0.249. The molecule has 0 radical (unpaired) electrons. The van der Waals surface area contributed by atoms with E-state index >= 15 is 0 Å². The van der Waals surface area contributed by atoms with Crippen molar-refractivity contribution >= 4 is 53.4 Å². The van der Waals surface area contributed by atoms with Crippen LogP contribution in [0.4, 0.5) is 0 Å². The Morgan fingerprint density at radius 3 is 1.33 bits per heavy atom. The van der Waals surface area contributed by atoms with E-state index in [9.17, 15) is 0 Å². The molecular weight excluding hydrogens is 273 g/mol. The average Bonchev–Trinajstić information content (AvgIpc) is 1.35. The Hall–Kier alpha value is 1.96. The second-order valence-electron chi connectivity index (χ2n) is 0.749. The van der Waals surface area contributed by atoms with Gasteiger partial charge >= 0.3 is 57.3 Å². The molecule has 0 nitrogen and oxygen atoms in total. The quantitative estimate of drug-likeness (QED) is 0.509. The fourth-order valence-corrected chi connectivity index (χ4v) is 0. The van der Waals surface area contributed by atoms with Crippen LogP contribution in [0.5, 0.6) is 0 Å². The van der Waals surface area contributed by atoms with Crippen LogP contribution < -0.4 is 0 Å². The fraction of sp³-hybridized carbons (Fsp3) is 1.00. The van der Waals surface area contributed by atoms with Gasteiger partial charge in [0, 0.05) is 0 Å². The van der Waals surface area contributed by atoms with Gasteiger partial charge in [-0.05, 0) is 0 Å². The molecule has 0 fully saturated rings. The van der Waals surface area contributed by atoms with E-state index < -0.39 is 15.0 Å². The number of rotatable bonds is 1. The average molecular weight is 275 g/mol. The number of alkyl halides is 1. The molecule has 0 heterocycles. The second kappa shape index (κ2) is 3.08. The summed E-state index contributed by atoms with van der Waals surface area (Å²) >= 11 is 2.13. The van der Waals surface area contributed by atoms with Gasteiger partial charge in [-0.1, -0.05) is 0 Å². The van der Waals surface area contributed by atoms with Crippen LogP contribution in [0.25, 0.3) is 0 Å². The molecule has 0 rings (SSSR count). The van der Waals surface area contributed by atoms with E-state index in [2.05, 4.69) is 0 Å². The van der Waals surface area contributed by atoms with Gasteiger partial charge < -0.3 is 0 Å². The summed E-state index contributed by atoms with van der Waals surface area (Å²) in [4.78, 5) is 0. The third-order valence-electron chi connectivity index (χ3n) is 0.152. The molecule has 0 saturated carbocycles. The summed E-state index contributed by atoms with van der Waals surface area (Å²) < 4.78 is 0.249. The molecule has 0 unspecified atom stereocenters. The molecule has 38 valence electrons. The molecule has 0 N–H and O–H groups in total. The summed E-state index contributed by atoms with van der Waals surface area (Å²) in [6, 6.07) is 0. The summed E-state index contributed by atoms with van der Waals surface area (Å²) in [5.74, 6) is 0. The SMILES string of the molecule is Cl[CH2][Sn]([Cl])([Cl])[Cl]. The van der Waals surface area contributed by atoms with E-state index in [1.54, 1.807) is 0 Å². The van der Waals surface area contributed by atoms with Crippen LogP contribution in [0.1, 0.15) is 0 Å². The molecule has 0 aromatic carbocycles. The predicted molar refractivity (Wildman–Crippen MR) is 34.0 cm³/mol. The molecular formula is CH2Cl4Sn. The molecule has 0 bridgehead atoms. The van der Waals surface area contributed by atoms with Crippen LogP contribution in [0.3, 0.4) is 0 Å². The van der Waals surface area contributed by atoms with Crippen molar-refractivity contribution in [3.05, 3.63) is 0 Å². The summed E-state index contributed by atoms with van der Waals surface area (Å²) in [6.45, 7) is 0. The topological polar surface area (TPSA) is 0 Å². The van der Waals surface area contributed by atoms with Gasteiger partial charge in [-0.15, -0.1) is 0 Å². The predicted octanol–water partition coefficient (Wildman–Crippen LogP) is 2.42. The molecule has 0 spiro atoms. The van der Waals surface area contributed by atoms with Crippen LogP contribution >= 0.6 is 38.4 Å². The van der Waals surface area contributed by atoms with Crippen LogP contribution in [-0.4, -0.2) is 18.9 Å². The Morgan fingerprint density at radius 2 is 1.33 bits per heavy atom. The van der Waals surface area contributed by atoms with Gasteiger partial charge in [-0.25, -0.2) is 0 Å². The van der Waals surface area contributed by atoms with E-state index in [0.717, 1.165) is 0 Å². The monoisotopic (exact) mass is 274 g/mol. The van der Waals surface area contributed by atoms with Crippen molar-refractivity contribution < 1.29 is 0 Å². The first kappa shape index (κ1) is 7.96. The van der Waals surface area contributed by atoms with E-state index in [1.807, 2.05) is 0 Å². The van der Waals surface area contributed by atoms with Crippen molar-refractivity contribution in [3.8, 4) is 0 Å². The molecule has 0 aliphatic rings. The Balaban J connectivity index is 3.17. The van der Waals surface area contributed by atoms with Gasteiger partial charge in [-0.2, -0.15) is 0 Å². The standard InChI is InChI=1S/CH2Cl.3ClH.Sn/c1-2;;;;/h1H2;3*1H;/q;;;;+3/p-3. The first-order chi connectivity index (χ1) is 2.56. The Bertz CT molecular complexity index is 37.3. The Kier molecular flexibility index (Phi) is 4.08. The van der Waals surface area contributed by atoms with Crippen molar-refractivity contribution in [2.24, 2.45) is 0 Å². The second-order valence-corrected chi connectivity index (χ2v) is 23.7. The van der Waals surface area contributed by atoms with Crippen molar-refractivity contribution in [2.75, 3.05) is 3.90 Å². The van der Waals surface area contributed by atoms with Crippen molar-refractivity contribution in [3.63, 3.8) is 0 Å². The van der Waals surface area contributed by atoms with Crippen LogP contribution in [0, 0.1) is 0 Å². The molecule has 0 aliphatic carbocycles. The van der Waals surface area contributed by atoms with E-state index in [1.165, 1.54) is 0 Å². The first-order valence-electron chi connectivity index (χ1n) is 1.19. The third-order valence-corrected chi connectivity index (χ3v) is 9.15. The summed E-state index contributed by atoms with van der Waals surface area (Å²) in [5.41, 5.74) is 0. The summed E-state index contributed by atoms with van der Waals surface area (Å²) in [7, 11) is 16.0. The Labute approximate surface area is 56.7 Å². The van der Waals surface area contributed by atoms with Gasteiger partial charge in [0.1, 0.15) is 0 Å². The number of hydrogen-bond donors (Lipinski definition) is 0. The normalized spacial score (nSPS) is 12.0. The summed E-state index contributed by atoms with van der Waals surface area (Å²) in [5, 5.41) is 0. The Morgan fingerprint density at radius 1 is 1.17 bits per heavy atom. The third kappa shape index (κ3) is 5.96. The number of hydrogen-bond acceptors (Lipinski definition) is 0. The zero-order chi connectivity index (χ0) is 5.21. The van der Waals surface area contributed by atoms with E-state index in [4.69, 9.17) is 38.4 Å².